The maximum Gasteiger partial charge on any atom is 0.307 e. The molecule has 1 aliphatic heterocycles. The van der Waals surface area contributed by atoms with E-state index in [1.54, 1.807) is 12.1 Å². The van der Waals surface area contributed by atoms with Crippen LogP contribution in [0.1, 0.15) is 36.9 Å². The maximum atomic E-state index is 12.4. The highest BCUT2D eigenvalue weighted by Gasteiger charge is 2.51. The monoisotopic (exact) mass is 555 g/mol. The third-order valence-corrected chi connectivity index (χ3v) is 5.67. The SMILES string of the molecule is CC(=O)O[C@H]1[C@H](OC(C)=O)[C@@H](COC(=O)CCNC(=O)c2cccnc2)O[C@H]1n1cnc2c(NC=O)ncnc21. The van der Waals surface area contributed by atoms with Crippen LogP contribution in [0.25, 0.3) is 11.2 Å². The first-order chi connectivity index (χ1) is 19.3. The Hall–Kier alpha value is -4.99. The van der Waals surface area contributed by atoms with E-state index >= 15 is 0 Å². The van der Waals surface area contributed by atoms with Crippen LogP contribution in [-0.2, 0) is 38.1 Å². The van der Waals surface area contributed by atoms with E-state index in [0.29, 0.717) is 12.0 Å². The van der Waals surface area contributed by atoms with Crippen molar-refractivity contribution in [3.63, 3.8) is 0 Å². The normalized spacial score (nSPS) is 19.9. The molecule has 3 aromatic rings. The Bertz CT molecular complexity index is 1400. The Labute approximate surface area is 226 Å². The van der Waals surface area contributed by atoms with Crippen LogP contribution < -0.4 is 10.6 Å². The number of hydrogen-bond donors (Lipinski definition) is 2. The lowest BCUT2D eigenvalue weighted by atomic mass is 10.1. The number of anilines is 1. The molecule has 2 N–H and O–H groups in total. The number of carbonyl (C=O) groups is 5. The average molecular weight is 556 g/mol. The zero-order chi connectivity index (χ0) is 28.6. The van der Waals surface area contributed by atoms with Crippen LogP contribution in [0.3, 0.4) is 0 Å². The summed E-state index contributed by atoms with van der Waals surface area (Å²) in [7, 11) is 0. The Balaban J connectivity index is 1.47. The third-order valence-electron chi connectivity index (χ3n) is 5.67. The molecule has 0 spiro atoms. The van der Waals surface area contributed by atoms with Gasteiger partial charge in [0.2, 0.25) is 6.41 Å². The standard InChI is InChI=1S/C24H25N7O9/c1-13(33)38-19-16(9-37-17(35)5-7-26-23(36)15-4-3-6-25-8-15)40-24(20(19)39-14(2)34)31-11-29-18-21(30-12-32)27-10-28-22(18)31/h3-4,6,8,10-12,16,19-20,24H,5,7,9H2,1-2H3,(H,26,36)(H,27,28,30,32)/t16-,19-,20+,24-/m1/s1. The van der Waals surface area contributed by atoms with Crippen LogP contribution >= 0.6 is 0 Å². The molecule has 1 fully saturated rings. The fourth-order valence-corrected chi connectivity index (χ4v) is 4.04. The number of rotatable bonds is 11. The average Bonchev–Trinajstić information content (AvgIpc) is 3.49. The Morgan fingerprint density at radius 3 is 2.58 bits per heavy atom. The van der Waals surface area contributed by atoms with Crippen molar-refractivity contribution in [3.8, 4) is 0 Å². The van der Waals surface area contributed by atoms with E-state index in [1.165, 1.54) is 43.5 Å². The van der Waals surface area contributed by atoms with Gasteiger partial charge in [0.1, 0.15) is 19.0 Å². The third kappa shape index (κ3) is 6.52. The number of hydrogen-bond acceptors (Lipinski definition) is 13. The van der Waals surface area contributed by atoms with Crippen molar-refractivity contribution in [1.82, 2.24) is 29.8 Å². The molecule has 4 atom stereocenters. The number of imidazole rings is 1. The molecule has 0 aromatic carbocycles. The zero-order valence-corrected chi connectivity index (χ0v) is 21.4. The van der Waals surface area contributed by atoms with E-state index in [1.807, 2.05) is 0 Å². The fraction of sp³-hybridized carbons (Fsp3) is 0.375. The van der Waals surface area contributed by atoms with Gasteiger partial charge < -0.3 is 29.6 Å². The Morgan fingerprint density at radius 1 is 1.10 bits per heavy atom. The number of pyridine rings is 1. The van der Waals surface area contributed by atoms with Crippen molar-refractivity contribution in [2.24, 2.45) is 0 Å². The van der Waals surface area contributed by atoms with Crippen LogP contribution in [0, 0.1) is 0 Å². The highest BCUT2D eigenvalue weighted by molar-refractivity contribution is 5.94. The molecule has 16 nitrogen and oxygen atoms in total. The van der Waals surface area contributed by atoms with E-state index in [2.05, 4.69) is 30.6 Å². The van der Waals surface area contributed by atoms with Gasteiger partial charge >= 0.3 is 17.9 Å². The number of fused-ring (bicyclic) bond motifs is 1. The van der Waals surface area contributed by atoms with Gasteiger partial charge in [-0.3, -0.25) is 33.5 Å². The minimum absolute atomic E-state index is 0.00203. The van der Waals surface area contributed by atoms with Gasteiger partial charge in [0.05, 0.1) is 18.3 Å². The largest absolute Gasteiger partial charge is 0.463 e. The number of ether oxygens (including phenoxy) is 4. The second kappa shape index (κ2) is 12.7. The van der Waals surface area contributed by atoms with Crippen LogP contribution in [0.5, 0.6) is 0 Å². The predicted molar refractivity (Wildman–Crippen MR) is 132 cm³/mol. The molecule has 4 rings (SSSR count). The summed E-state index contributed by atoms with van der Waals surface area (Å²) in [6, 6.07) is 3.19. The highest BCUT2D eigenvalue weighted by Crippen LogP contribution is 2.36. The Kier molecular flexibility index (Phi) is 8.90. The van der Waals surface area contributed by atoms with Crippen LogP contribution in [-0.4, -0.2) is 86.2 Å². The summed E-state index contributed by atoms with van der Waals surface area (Å²) in [5.74, 6) is -2.28. The molecule has 1 saturated heterocycles. The summed E-state index contributed by atoms with van der Waals surface area (Å²) in [5.41, 5.74) is 0.797. The molecule has 0 unspecified atom stereocenters. The van der Waals surface area contributed by atoms with Crippen molar-refractivity contribution >= 4 is 47.2 Å². The number of nitrogens with one attached hydrogen (secondary N) is 2. The molecule has 2 amide bonds. The van der Waals surface area contributed by atoms with E-state index in [4.69, 9.17) is 18.9 Å². The molecule has 40 heavy (non-hydrogen) atoms. The van der Waals surface area contributed by atoms with Gasteiger partial charge in [0.25, 0.3) is 5.91 Å². The van der Waals surface area contributed by atoms with Gasteiger partial charge in [-0.2, -0.15) is 0 Å². The second-order valence-corrected chi connectivity index (χ2v) is 8.45. The second-order valence-electron chi connectivity index (χ2n) is 8.45. The first-order valence-electron chi connectivity index (χ1n) is 12.0. The van der Waals surface area contributed by atoms with Crippen LogP contribution in [0.4, 0.5) is 5.82 Å². The lowest BCUT2D eigenvalue weighted by Crippen LogP contribution is -2.40. The van der Waals surface area contributed by atoms with Gasteiger partial charge in [-0.1, -0.05) is 0 Å². The maximum absolute atomic E-state index is 12.4. The lowest BCUT2D eigenvalue weighted by molar-refractivity contribution is -0.166. The van der Waals surface area contributed by atoms with Gasteiger partial charge in [-0.25, -0.2) is 15.0 Å². The van der Waals surface area contributed by atoms with Crippen molar-refractivity contribution < 1.29 is 42.9 Å². The molecule has 0 saturated carbocycles. The topological polar surface area (TPSA) is 203 Å². The summed E-state index contributed by atoms with van der Waals surface area (Å²) in [6.07, 6.45) is 1.27. The van der Waals surface area contributed by atoms with Crippen molar-refractivity contribution in [1.29, 1.82) is 0 Å². The first-order valence-corrected chi connectivity index (χ1v) is 12.0. The van der Waals surface area contributed by atoms with Gasteiger partial charge in [0.15, 0.2) is 35.4 Å². The minimum Gasteiger partial charge on any atom is -0.463 e. The molecule has 4 heterocycles. The predicted octanol–water partition coefficient (Wildman–Crippen LogP) is -0.0863. The lowest BCUT2D eigenvalue weighted by Gasteiger charge is -2.23. The quantitative estimate of drug-likeness (QED) is 0.181. The smallest absolute Gasteiger partial charge is 0.307 e. The number of nitrogens with zero attached hydrogens (tertiary/aromatic N) is 5. The molecule has 0 radical (unpaired) electrons. The fourth-order valence-electron chi connectivity index (χ4n) is 4.04. The molecular weight excluding hydrogens is 530 g/mol. The van der Waals surface area contributed by atoms with E-state index in [9.17, 15) is 24.0 Å². The summed E-state index contributed by atoms with van der Waals surface area (Å²) < 4.78 is 23.7. The van der Waals surface area contributed by atoms with E-state index in [0.717, 1.165) is 0 Å². The molecular formula is C24H25N7O9. The van der Waals surface area contributed by atoms with Crippen LogP contribution in [0.2, 0.25) is 0 Å². The minimum atomic E-state index is -1.17. The molecule has 3 aromatic heterocycles. The van der Waals surface area contributed by atoms with Crippen LogP contribution in [0.15, 0.2) is 37.2 Å². The van der Waals surface area contributed by atoms with Crippen molar-refractivity contribution in [2.45, 2.75) is 44.8 Å². The van der Waals surface area contributed by atoms with E-state index in [-0.39, 0.29) is 36.6 Å². The zero-order valence-electron chi connectivity index (χ0n) is 21.4. The molecule has 16 heteroatoms. The number of carbonyl (C=O) groups excluding carboxylic acids is 5. The van der Waals surface area contributed by atoms with Crippen molar-refractivity contribution in [2.75, 3.05) is 18.5 Å². The highest BCUT2D eigenvalue weighted by atomic mass is 16.7. The molecule has 210 valence electrons. The molecule has 1 aliphatic rings. The summed E-state index contributed by atoms with van der Waals surface area (Å²) in [6.45, 7) is 1.99. The summed E-state index contributed by atoms with van der Waals surface area (Å²) in [5, 5.41) is 5.01. The van der Waals surface area contributed by atoms with Gasteiger partial charge in [0, 0.05) is 32.8 Å². The van der Waals surface area contributed by atoms with Gasteiger partial charge in [-0.15, -0.1) is 0 Å². The van der Waals surface area contributed by atoms with E-state index < -0.39 is 48.4 Å². The summed E-state index contributed by atoms with van der Waals surface area (Å²) in [4.78, 5) is 75.5. The van der Waals surface area contributed by atoms with Crippen molar-refractivity contribution in [3.05, 3.63) is 42.7 Å². The Morgan fingerprint density at radius 2 is 1.88 bits per heavy atom. The molecule has 0 bridgehead atoms. The first kappa shape index (κ1) is 28.0. The number of aromatic nitrogens is 5. The van der Waals surface area contributed by atoms with Gasteiger partial charge in [-0.05, 0) is 12.1 Å². The summed E-state index contributed by atoms with van der Waals surface area (Å²) >= 11 is 0. The molecule has 0 aliphatic carbocycles. The number of esters is 3. The number of amides is 2.